The maximum Gasteiger partial charge on any atom is 0.305 e. The minimum absolute atomic E-state index is 0.0818. The summed E-state index contributed by atoms with van der Waals surface area (Å²) in [5.74, 6) is 0.0731. The van der Waals surface area contributed by atoms with E-state index in [0.29, 0.717) is 20.7 Å². The van der Waals surface area contributed by atoms with Crippen molar-refractivity contribution >= 4 is 46.3 Å². The lowest BCUT2D eigenvalue weighted by atomic mass is 10.2. The van der Waals surface area contributed by atoms with E-state index < -0.39 is 5.97 Å². The third-order valence-corrected chi connectivity index (χ3v) is 4.50. The Morgan fingerprint density at radius 1 is 1.41 bits per heavy atom. The second kappa shape index (κ2) is 5.98. The van der Waals surface area contributed by atoms with Crippen LogP contribution in [-0.4, -0.2) is 39.5 Å². The van der Waals surface area contributed by atoms with Gasteiger partial charge in [-0.1, -0.05) is 30.0 Å². The zero-order chi connectivity index (χ0) is 15.7. The van der Waals surface area contributed by atoms with Crippen molar-refractivity contribution in [3.8, 4) is 11.5 Å². The fraction of sp³-hybridized carbons (Fsp3) is 0.214. The van der Waals surface area contributed by atoms with E-state index in [1.165, 1.54) is 16.7 Å². The number of carbonyl (C=O) groups is 2. The quantitative estimate of drug-likeness (QED) is 0.666. The predicted octanol–water partition coefficient (Wildman–Crippen LogP) is 2.09. The van der Waals surface area contributed by atoms with E-state index in [-0.39, 0.29) is 25.7 Å². The molecular formula is C14H11NO5S2. The summed E-state index contributed by atoms with van der Waals surface area (Å²) in [5.41, 5.74) is 0.794. The van der Waals surface area contributed by atoms with Crippen LogP contribution in [0.4, 0.5) is 0 Å². The highest BCUT2D eigenvalue weighted by atomic mass is 32.2. The molecule has 2 heterocycles. The first-order chi connectivity index (χ1) is 10.5. The van der Waals surface area contributed by atoms with Crippen molar-refractivity contribution < 1.29 is 24.2 Å². The Hall–Kier alpha value is -2.06. The van der Waals surface area contributed by atoms with E-state index in [9.17, 15) is 9.59 Å². The van der Waals surface area contributed by atoms with Gasteiger partial charge in [0.1, 0.15) is 4.32 Å². The monoisotopic (exact) mass is 337 g/mol. The fourth-order valence-electron chi connectivity index (χ4n) is 2.05. The molecule has 0 spiro atoms. The average molecular weight is 337 g/mol. The third-order valence-electron chi connectivity index (χ3n) is 3.12. The topological polar surface area (TPSA) is 76.1 Å². The van der Waals surface area contributed by atoms with Crippen molar-refractivity contribution in [1.82, 2.24) is 4.90 Å². The van der Waals surface area contributed by atoms with Crippen LogP contribution in [0.5, 0.6) is 11.5 Å². The fourth-order valence-corrected chi connectivity index (χ4v) is 3.36. The zero-order valence-corrected chi connectivity index (χ0v) is 12.9. The highest BCUT2D eigenvalue weighted by Crippen LogP contribution is 2.36. The molecule has 2 aliphatic heterocycles. The highest BCUT2D eigenvalue weighted by Gasteiger charge is 2.32. The molecule has 8 heteroatoms. The van der Waals surface area contributed by atoms with Gasteiger partial charge in [0.15, 0.2) is 11.5 Å². The second-order valence-electron chi connectivity index (χ2n) is 4.59. The Balaban J connectivity index is 1.79. The molecule has 1 fully saturated rings. The summed E-state index contributed by atoms with van der Waals surface area (Å²) in [5, 5.41) is 8.71. The van der Waals surface area contributed by atoms with Crippen LogP contribution in [0.15, 0.2) is 23.1 Å². The number of carboxylic acid groups (broad SMARTS) is 1. The van der Waals surface area contributed by atoms with Gasteiger partial charge < -0.3 is 14.6 Å². The van der Waals surface area contributed by atoms with E-state index >= 15 is 0 Å². The number of hydrogen-bond acceptors (Lipinski definition) is 6. The maximum absolute atomic E-state index is 12.3. The van der Waals surface area contributed by atoms with Crippen molar-refractivity contribution in [3.05, 3.63) is 28.7 Å². The number of fused-ring (bicyclic) bond motifs is 1. The molecule has 0 atom stereocenters. The number of thioether (sulfide) groups is 1. The first-order valence-corrected chi connectivity index (χ1v) is 7.64. The molecule has 2 aliphatic rings. The number of hydrogen-bond donors (Lipinski definition) is 1. The Kier molecular flexibility index (Phi) is 4.04. The van der Waals surface area contributed by atoms with Crippen LogP contribution in [-0.2, 0) is 9.59 Å². The molecule has 0 aromatic heterocycles. The van der Waals surface area contributed by atoms with Crippen LogP contribution in [0.3, 0.4) is 0 Å². The van der Waals surface area contributed by atoms with Gasteiger partial charge in [-0.25, -0.2) is 0 Å². The number of aliphatic carboxylic acids is 1. The summed E-state index contributed by atoms with van der Waals surface area (Å²) in [7, 11) is 0. The van der Waals surface area contributed by atoms with E-state index in [1.807, 2.05) is 6.07 Å². The van der Waals surface area contributed by atoms with Gasteiger partial charge in [0.05, 0.1) is 11.3 Å². The van der Waals surface area contributed by atoms with E-state index in [1.54, 1.807) is 18.2 Å². The summed E-state index contributed by atoms with van der Waals surface area (Å²) in [6, 6.07) is 5.38. The molecule has 114 valence electrons. The van der Waals surface area contributed by atoms with Gasteiger partial charge >= 0.3 is 5.97 Å². The second-order valence-corrected chi connectivity index (χ2v) is 6.27. The lowest BCUT2D eigenvalue weighted by Crippen LogP contribution is -2.30. The average Bonchev–Trinajstić information content (AvgIpc) is 3.02. The van der Waals surface area contributed by atoms with Crippen LogP contribution in [0.2, 0.25) is 0 Å². The number of ether oxygens (including phenoxy) is 2. The Morgan fingerprint density at radius 2 is 2.18 bits per heavy atom. The number of rotatable bonds is 4. The first-order valence-electron chi connectivity index (χ1n) is 6.41. The molecule has 1 saturated heterocycles. The zero-order valence-electron chi connectivity index (χ0n) is 11.3. The number of nitrogens with zero attached hydrogens (tertiary/aromatic N) is 1. The number of amides is 1. The molecule has 1 aromatic rings. The summed E-state index contributed by atoms with van der Waals surface area (Å²) >= 11 is 6.30. The van der Waals surface area contributed by atoms with Crippen molar-refractivity contribution in [2.75, 3.05) is 13.3 Å². The Bertz CT molecular complexity index is 700. The highest BCUT2D eigenvalue weighted by molar-refractivity contribution is 8.26. The largest absolute Gasteiger partial charge is 0.481 e. The van der Waals surface area contributed by atoms with Crippen LogP contribution in [0.25, 0.3) is 6.08 Å². The van der Waals surface area contributed by atoms with Crippen molar-refractivity contribution in [2.24, 2.45) is 0 Å². The molecule has 1 aromatic carbocycles. The number of carbonyl (C=O) groups excluding carboxylic acids is 1. The maximum atomic E-state index is 12.3. The molecule has 0 radical (unpaired) electrons. The molecule has 6 nitrogen and oxygen atoms in total. The minimum Gasteiger partial charge on any atom is -0.481 e. The summed E-state index contributed by atoms with van der Waals surface area (Å²) in [6.07, 6.45) is 1.58. The standard InChI is InChI=1S/C14H11NO5S2/c16-12(17)3-4-15-13(18)11(22-14(15)21)6-8-1-2-9-10(5-8)20-7-19-9/h1-2,5-6H,3-4,7H2,(H,16,17)/b11-6+. The lowest BCUT2D eigenvalue weighted by molar-refractivity contribution is -0.137. The molecule has 1 amide bonds. The van der Waals surface area contributed by atoms with Crippen LogP contribution < -0.4 is 9.47 Å². The lowest BCUT2D eigenvalue weighted by Gasteiger charge is -2.12. The van der Waals surface area contributed by atoms with Gasteiger partial charge in [-0.05, 0) is 23.8 Å². The van der Waals surface area contributed by atoms with E-state index in [4.69, 9.17) is 26.8 Å². The predicted molar refractivity (Wildman–Crippen MR) is 84.7 cm³/mol. The molecule has 0 saturated carbocycles. The molecule has 0 aliphatic carbocycles. The number of benzene rings is 1. The number of carboxylic acids is 1. The van der Waals surface area contributed by atoms with Gasteiger partial charge in [0.2, 0.25) is 6.79 Å². The van der Waals surface area contributed by atoms with Gasteiger partial charge in [0, 0.05) is 6.54 Å². The first kappa shape index (κ1) is 14.9. The third kappa shape index (κ3) is 2.93. The normalized spacial score (nSPS) is 18.4. The van der Waals surface area contributed by atoms with Crippen molar-refractivity contribution in [3.63, 3.8) is 0 Å². The summed E-state index contributed by atoms with van der Waals surface area (Å²) < 4.78 is 10.9. The molecule has 0 unspecified atom stereocenters. The van der Waals surface area contributed by atoms with E-state index in [2.05, 4.69) is 0 Å². The smallest absolute Gasteiger partial charge is 0.305 e. The van der Waals surface area contributed by atoms with Crippen LogP contribution >= 0.6 is 24.0 Å². The van der Waals surface area contributed by atoms with Gasteiger partial charge in [-0.3, -0.25) is 14.5 Å². The van der Waals surface area contributed by atoms with E-state index in [0.717, 1.165) is 5.56 Å². The molecule has 0 bridgehead atoms. The van der Waals surface area contributed by atoms with Crippen LogP contribution in [0.1, 0.15) is 12.0 Å². The molecular weight excluding hydrogens is 326 g/mol. The number of thiocarbonyl (C=S) groups is 1. The van der Waals surface area contributed by atoms with Gasteiger partial charge in [-0.2, -0.15) is 0 Å². The molecule has 3 rings (SSSR count). The molecule has 1 N–H and O–H groups in total. The summed E-state index contributed by atoms with van der Waals surface area (Å²) in [4.78, 5) is 24.7. The van der Waals surface area contributed by atoms with Gasteiger partial charge in [-0.15, -0.1) is 0 Å². The Labute approximate surface area is 135 Å². The Morgan fingerprint density at radius 3 is 2.95 bits per heavy atom. The van der Waals surface area contributed by atoms with Crippen molar-refractivity contribution in [2.45, 2.75) is 6.42 Å². The van der Waals surface area contributed by atoms with Crippen molar-refractivity contribution in [1.29, 1.82) is 0 Å². The molecule has 22 heavy (non-hydrogen) atoms. The van der Waals surface area contributed by atoms with Gasteiger partial charge in [0.25, 0.3) is 5.91 Å². The summed E-state index contributed by atoms with van der Waals surface area (Å²) in [6.45, 7) is 0.272. The minimum atomic E-state index is -0.964. The van der Waals surface area contributed by atoms with Crippen LogP contribution in [0, 0.1) is 0 Å². The SMILES string of the molecule is O=C(O)CCN1C(=O)/C(=C\c2ccc3c(c2)OCO3)SC1=S.